The van der Waals surface area contributed by atoms with Gasteiger partial charge in [-0.15, -0.1) is 0 Å². The summed E-state index contributed by atoms with van der Waals surface area (Å²) in [6.07, 6.45) is 109. The van der Waals surface area contributed by atoms with Gasteiger partial charge in [-0.2, -0.15) is 0 Å². The van der Waals surface area contributed by atoms with Crippen molar-refractivity contribution in [3.8, 4) is 0 Å². The van der Waals surface area contributed by atoms with Gasteiger partial charge in [-0.3, -0.25) is 4.79 Å². The minimum atomic E-state index is -0.873. The standard InChI is InChI=1S/C81H153NO3/c1-3-5-7-9-11-13-15-17-19-21-23-25-27-29-31-33-35-37-38-39-40-41-42-43-44-45-47-49-51-53-55-57-59-61-63-65-67-69-71-73-75-77-81(85)82-79(78-83)80(84)76-74-72-70-68-66-64-62-60-58-56-54-52-50-48-46-36-34-32-30-28-26-24-22-20-18-16-14-12-10-8-6-4-2/h15,17,21,23,58,60,66,68,74,76,79-80,83-84H,3-14,16,18-20,22,24-57,59,61-65,67,69-73,75,77-78H2,1-2H3,(H,82,85)/b17-15-,23-21-,60-58+,68-66+,76-74+. The summed E-state index contributed by atoms with van der Waals surface area (Å²) in [6, 6.07) is -0.648. The van der Waals surface area contributed by atoms with Gasteiger partial charge in [-0.1, -0.05) is 408 Å². The van der Waals surface area contributed by atoms with E-state index in [4.69, 9.17) is 0 Å². The molecule has 0 aromatic rings. The minimum Gasteiger partial charge on any atom is -0.394 e. The number of carbonyl (C=O) groups is 1. The molecule has 2 atom stereocenters. The van der Waals surface area contributed by atoms with Gasteiger partial charge in [-0.05, 0) is 77.0 Å². The SMILES string of the molecule is CCCCCCC/C=C\C/C=C\CCCCCCCCCCCCCCCCCCCCCCCCCCCCCCCC(=O)NC(CO)C(O)/C=C/CC/C=C/CC/C=C/CCCCCCCCCCCCCCCCCCCCCCCC. The molecular weight excluding hydrogens is 1030 g/mol. The van der Waals surface area contributed by atoms with Crippen molar-refractivity contribution < 1.29 is 15.0 Å². The third-order valence-corrected chi connectivity index (χ3v) is 18.2. The molecule has 0 aliphatic heterocycles. The van der Waals surface area contributed by atoms with E-state index in [2.05, 4.69) is 67.8 Å². The van der Waals surface area contributed by atoms with Crippen molar-refractivity contribution in [3.05, 3.63) is 60.8 Å². The Labute approximate surface area is 534 Å². The molecule has 0 fully saturated rings. The van der Waals surface area contributed by atoms with Gasteiger partial charge in [0.15, 0.2) is 0 Å². The molecule has 4 heteroatoms. The molecule has 0 aromatic heterocycles. The molecule has 0 saturated heterocycles. The number of nitrogens with one attached hydrogen (secondary N) is 1. The second kappa shape index (κ2) is 76.3. The van der Waals surface area contributed by atoms with E-state index in [0.717, 1.165) is 44.9 Å². The maximum absolute atomic E-state index is 12.6. The van der Waals surface area contributed by atoms with E-state index < -0.39 is 12.1 Å². The predicted molar refractivity (Wildman–Crippen MR) is 382 cm³/mol. The largest absolute Gasteiger partial charge is 0.394 e. The Kier molecular flexibility index (Phi) is 74.6. The van der Waals surface area contributed by atoms with Gasteiger partial charge in [0.2, 0.25) is 5.91 Å². The van der Waals surface area contributed by atoms with E-state index in [0.29, 0.717) is 6.42 Å². The van der Waals surface area contributed by atoms with Crippen molar-refractivity contribution in [1.82, 2.24) is 5.32 Å². The summed E-state index contributed by atoms with van der Waals surface area (Å²) in [7, 11) is 0. The number of aliphatic hydroxyl groups excluding tert-OH is 2. The molecule has 3 N–H and O–H groups in total. The average molecular weight is 1190 g/mol. The summed E-state index contributed by atoms with van der Waals surface area (Å²) in [4.78, 5) is 12.6. The molecular formula is C81H153NO3. The molecule has 0 radical (unpaired) electrons. The highest BCUT2D eigenvalue weighted by molar-refractivity contribution is 5.76. The van der Waals surface area contributed by atoms with E-state index in [1.165, 1.54) is 366 Å². The molecule has 0 rings (SSSR count). The van der Waals surface area contributed by atoms with Crippen LogP contribution < -0.4 is 5.32 Å². The van der Waals surface area contributed by atoms with Crippen LogP contribution in [0, 0.1) is 0 Å². The highest BCUT2D eigenvalue weighted by Gasteiger charge is 2.18. The van der Waals surface area contributed by atoms with E-state index in [-0.39, 0.29) is 12.5 Å². The number of hydrogen-bond acceptors (Lipinski definition) is 3. The quantitative estimate of drug-likeness (QED) is 0.0420. The highest BCUT2D eigenvalue weighted by Crippen LogP contribution is 2.20. The van der Waals surface area contributed by atoms with Gasteiger partial charge in [0.1, 0.15) is 0 Å². The average Bonchev–Trinajstić information content (AvgIpc) is 3.51. The Hall–Kier alpha value is -1.91. The van der Waals surface area contributed by atoms with Crippen LogP contribution in [-0.2, 0) is 4.79 Å². The van der Waals surface area contributed by atoms with Crippen LogP contribution in [0.5, 0.6) is 0 Å². The van der Waals surface area contributed by atoms with Crippen molar-refractivity contribution in [3.63, 3.8) is 0 Å². The van der Waals surface area contributed by atoms with Gasteiger partial charge in [0.25, 0.3) is 0 Å². The summed E-state index contributed by atoms with van der Waals surface area (Å²) in [5, 5.41) is 23.3. The molecule has 500 valence electrons. The first-order chi connectivity index (χ1) is 42.2. The monoisotopic (exact) mass is 1190 g/mol. The van der Waals surface area contributed by atoms with Crippen molar-refractivity contribution in [2.24, 2.45) is 0 Å². The fourth-order valence-electron chi connectivity index (χ4n) is 12.3. The zero-order valence-corrected chi connectivity index (χ0v) is 57.9. The van der Waals surface area contributed by atoms with Gasteiger partial charge in [-0.25, -0.2) is 0 Å². The first-order valence-corrected chi connectivity index (χ1v) is 39.0. The normalized spacial score (nSPS) is 12.9. The molecule has 0 aliphatic carbocycles. The molecule has 1 amide bonds. The van der Waals surface area contributed by atoms with Crippen LogP contribution in [-0.4, -0.2) is 34.9 Å². The zero-order valence-electron chi connectivity index (χ0n) is 57.9. The smallest absolute Gasteiger partial charge is 0.220 e. The topological polar surface area (TPSA) is 69.6 Å². The lowest BCUT2D eigenvalue weighted by molar-refractivity contribution is -0.123. The second-order valence-electron chi connectivity index (χ2n) is 26.8. The van der Waals surface area contributed by atoms with E-state index in [9.17, 15) is 15.0 Å². The van der Waals surface area contributed by atoms with Crippen LogP contribution in [0.15, 0.2) is 60.8 Å². The Balaban J connectivity index is 3.43. The van der Waals surface area contributed by atoms with Crippen molar-refractivity contribution in [1.29, 1.82) is 0 Å². The molecule has 0 heterocycles. The van der Waals surface area contributed by atoms with E-state index in [1.54, 1.807) is 6.08 Å². The third-order valence-electron chi connectivity index (χ3n) is 18.2. The van der Waals surface area contributed by atoms with E-state index in [1.807, 2.05) is 6.08 Å². The molecule has 0 saturated carbocycles. The number of allylic oxidation sites excluding steroid dienone is 9. The molecule has 85 heavy (non-hydrogen) atoms. The summed E-state index contributed by atoms with van der Waals surface area (Å²) in [5.74, 6) is -0.0699. The summed E-state index contributed by atoms with van der Waals surface area (Å²) in [5.41, 5.74) is 0. The predicted octanol–water partition coefficient (Wildman–Crippen LogP) is 27.0. The highest BCUT2D eigenvalue weighted by atomic mass is 16.3. The maximum atomic E-state index is 12.6. The lowest BCUT2D eigenvalue weighted by Crippen LogP contribution is -2.45. The fraction of sp³-hybridized carbons (Fsp3) is 0.864. The van der Waals surface area contributed by atoms with Gasteiger partial charge >= 0.3 is 0 Å². The lowest BCUT2D eigenvalue weighted by atomic mass is 10.0. The number of unbranched alkanes of at least 4 members (excludes halogenated alkanes) is 58. The molecule has 0 bridgehead atoms. The zero-order chi connectivity index (χ0) is 61.2. The number of carbonyl (C=O) groups excluding carboxylic acids is 1. The summed E-state index contributed by atoms with van der Waals surface area (Å²) < 4.78 is 0. The Bertz CT molecular complexity index is 1400. The van der Waals surface area contributed by atoms with Crippen LogP contribution in [0.25, 0.3) is 0 Å². The molecule has 2 unspecified atom stereocenters. The first kappa shape index (κ1) is 83.1. The van der Waals surface area contributed by atoms with Crippen LogP contribution in [0.4, 0.5) is 0 Å². The van der Waals surface area contributed by atoms with Crippen molar-refractivity contribution in [2.75, 3.05) is 6.61 Å². The molecule has 4 nitrogen and oxygen atoms in total. The Morgan fingerprint density at radius 1 is 0.282 bits per heavy atom. The van der Waals surface area contributed by atoms with E-state index >= 15 is 0 Å². The summed E-state index contributed by atoms with van der Waals surface area (Å²) >= 11 is 0. The number of aliphatic hydroxyl groups is 2. The van der Waals surface area contributed by atoms with Gasteiger partial charge < -0.3 is 15.5 Å². The minimum absolute atomic E-state index is 0.0699. The maximum Gasteiger partial charge on any atom is 0.220 e. The first-order valence-electron chi connectivity index (χ1n) is 39.0. The number of hydrogen-bond donors (Lipinski definition) is 3. The van der Waals surface area contributed by atoms with Gasteiger partial charge in [0, 0.05) is 6.42 Å². The Morgan fingerprint density at radius 2 is 0.494 bits per heavy atom. The number of rotatable bonds is 73. The Morgan fingerprint density at radius 3 is 0.753 bits per heavy atom. The fourth-order valence-corrected chi connectivity index (χ4v) is 12.3. The third kappa shape index (κ3) is 72.7. The van der Waals surface area contributed by atoms with Crippen molar-refractivity contribution >= 4 is 5.91 Å². The van der Waals surface area contributed by atoms with Crippen molar-refractivity contribution in [2.45, 2.75) is 443 Å². The summed E-state index contributed by atoms with van der Waals surface area (Å²) in [6.45, 7) is 4.33. The lowest BCUT2D eigenvalue weighted by Gasteiger charge is -2.19. The molecule has 0 aromatic carbocycles. The van der Waals surface area contributed by atoms with Crippen LogP contribution in [0.2, 0.25) is 0 Å². The van der Waals surface area contributed by atoms with Crippen LogP contribution >= 0.6 is 0 Å². The second-order valence-corrected chi connectivity index (χ2v) is 26.8. The van der Waals surface area contributed by atoms with Crippen LogP contribution in [0.3, 0.4) is 0 Å². The number of amides is 1. The molecule has 0 aliphatic rings. The van der Waals surface area contributed by atoms with Gasteiger partial charge in [0.05, 0.1) is 18.8 Å². The molecule has 0 spiro atoms. The van der Waals surface area contributed by atoms with Crippen LogP contribution in [0.1, 0.15) is 431 Å².